The second kappa shape index (κ2) is 14.1. The molecule has 0 amide bonds. The predicted molar refractivity (Wildman–Crippen MR) is 178 cm³/mol. The fourth-order valence-corrected chi connectivity index (χ4v) is 6.01. The number of ether oxygens (including phenoxy) is 6. The van der Waals surface area contributed by atoms with Gasteiger partial charge in [-0.2, -0.15) is 0 Å². The van der Waals surface area contributed by atoms with Gasteiger partial charge in [-0.25, -0.2) is 0 Å². The lowest BCUT2D eigenvalue weighted by atomic mass is 9.68. The van der Waals surface area contributed by atoms with Gasteiger partial charge >= 0.3 is 0 Å². The van der Waals surface area contributed by atoms with Crippen LogP contribution in [0.1, 0.15) is 58.1 Å². The van der Waals surface area contributed by atoms with E-state index < -0.39 is 6.10 Å². The standard InChI is InChI=1S/C39H48O7/c1-38(2,29-9-17-34(18-10-29)43-23-36-25-45-36)27-5-13-32(14-6-27)41-21-31(40)22-42-33-15-7-28(8-16-33)39(3,4)30-11-19-35(20-12-30)44-24-37-26-46-37/h5-7,9-11,13-15,17-20,30-31,36-37,40H,8,12,16,21-26H2,1-4H3. The molecular weight excluding hydrogens is 580 g/mol. The van der Waals surface area contributed by atoms with Gasteiger partial charge in [-0.05, 0) is 77.8 Å². The molecular formula is C39H48O7. The summed E-state index contributed by atoms with van der Waals surface area (Å²) in [4.78, 5) is 0. The molecule has 4 unspecified atom stereocenters. The van der Waals surface area contributed by atoms with Crippen molar-refractivity contribution in [2.75, 3.05) is 39.6 Å². The van der Waals surface area contributed by atoms with E-state index in [1.54, 1.807) is 0 Å². The van der Waals surface area contributed by atoms with E-state index in [0.717, 1.165) is 55.5 Å². The first kappa shape index (κ1) is 32.4. The average molecular weight is 629 g/mol. The lowest BCUT2D eigenvalue weighted by Gasteiger charge is -2.37. The molecule has 2 aromatic carbocycles. The Morgan fingerprint density at radius 1 is 0.761 bits per heavy atom. The van der Waals surface area contributed by atoms with Crippen LogP contribution < -0.4 is 9.47 Å². The fraction of sp³-hybridized carbons (Fsp3) is 0.487. The zero-order valence-electron chi connectivity index (χ0n) is 27.6. The largest absolute Gasteiger partial charge is 0.495 e. The third-order valence-electron chi connectivity index (χ3n) is 9.66. The van der Waals surface area contributed by atoms with Crippen molar-refractivity contribution in [1.29, 1.82) is 0 Å². The Bertz CT molecular complexity index is 1440. The summed E-state index contributed by atoms with van der Waals surface area (Å²) in [6, 6.07) is 16.4. The topological polar surface area (TPSA) is 82.2 Å². The van der Waals surface area contributed by atoms with Crippen LogP contribution in [0, 0.1) is 11.3 Å². The number of aliphatic hydroxyl groups excluding tert-OH is 1. The van der Waals surface area contributed by atoms with Crippen molar-refractivity contribution in [3.05, 3.63) is 107 Å². The molecule has 46 heavy (non-hydrogen) atoms. The number of benzene rings is 2. The van der Waals surface area contributed by atoms with Crippen molar-refractivity contribution in [2.45, 2.75) is 70.7 Å². The van der Waals surface area contributed by atoms with Crippen LogP contribution in [0.3, 0.4) is 0 Å². The van der Waals surface area contributed by atoms with Crippen LogP contribution in [0.4, 0.5) is 0 Å². The van der Waals surface area contributed by atoms with E-state index in [-0.39, 0.29) is 36.3 Å². The molecule has 0 saturated carbocycles. The molecule has 0 bridgehead atoms. The Hall–Kier alpha value is -3.52. The average Bonchev–Trinajstić information content (AvgIpc) is 4.01. The highest BCUT2D eigenvalue weighted by Crippen LogP contribution is 2.43. The summed E-state index contributed by atoms with van der Waals surface area (Å²) in [5.41, 5.74) is 3.64. The lowest BCUT2D eigenvalue weighted by molar-refractivity contribution is 0.0351. The zero-order valence-corrected chi connectivity index (χ0v) is 27.6. The van der Waals surface area contributed by atoms with E-state index in [0.29, 0.717) is 19.1 Å². The van der Waals surface area contributed by atoms with Gasteiger partial charge in [0.25, 0.3) is 0 Å². The third kappa shape index (κ3) is 8.44. The van der Waals surface area contributed by atoms with Gasteiger partial charge in [-0.3, -0.25) is 0 Å². The highest BCUT2D eigenvalue weighted by atomic mass is 16.6. The molecule has 2 fully saturated rings. The molecule has 2 saturated heterocycles. The van der Waals surface area contributed by atoms with Gasteiger partial charge in [0.2, 0.25) is 0 Å². The van der Waals surface area contributed by atoms with Gasteiger partial charge in [0.1, 0.15) is 62.0 Å². The second-order valence-electron chi connectivity index (χ2n) is 13.8. The van der Waals surface area contributed by atoms with Gasteiger partial charge in [-0.15, -0.1) is 0 Å². The number of allylic oxidation sites excluding steroid dienone is 7. The molecule has 1 N–H and O–H groups in total. The third-order valence-corrected chi connectivity index (χ3v) is 9.66. The highest BCUT2D eigenvalue weighted by Gasteiger charge is 2.33. The molecule has 0 aromatic heterocycles. The van der Waals surface area contributed by atoms with Crippen molar-refractivity contribution in [3.8, 4) is 11.5 Å². The molecule has 4 aliphatic rings. The number of rotatable bonds is 16. The summed E-state index contributed by atoms with van der Waals surface area (Å²) in [6.07, 6.45) is 13.4. The van der Waals surface area contributed by atoms with Crippen molar-refractivity contribution in [1.82, 2.24) is 0 Å². The minimum absolute atomic E-state index is 0.0309. The van der Waals surface area contributed by atoms with Gasteiger partial charge in [-0.1, -0.05) is 69.7 Å². The Labute approximate surface area is 273 Å². The summed E-state index contributed by atoms with van der Waals surface area (Å²) in [7, 11) is 0. The van der Waals surface area contributed by atoms with E-state index in [9.17, 15) is 5.11 Å². The van der Waals surface area contributed by atoms with E-state index in [1.165, 1.54) is 16.7 Å². The molecule has 0 radical (unpaired) electrons. The number of hydrogen-bond donors (Lipinski definition) is 1. The Kier molecular flexibility index (Phi) is 9.92. The van der Waals surface area contributed by atoms with E-state index >= 15 is 0 Å². The van der Waals surface area contributed by atoms with E-state index in [2.05, 4.69) is 82.3 Å². The molecule has 2 aliphatic heterocycles. The highest BCUT2D eigenvalue weighted by molar-refractivity contribution is 5.42. The smallest absolute Gasteiger partial charge is 0.122 e. The van der Waals surface area contributed by atoms with Crippen molar-refractivity contribution < 1.29 is 33.5 Å². The molecule has 7 heteroatoms. The first-order valence-corrected chi connectivity index (χ1v) is 16.6. The van der Waals surface area contributed by atoms with Gasteiger partial charge < -0.3 is 33.5 Å². The summed E-state index contributed by atoms with van der Waals surface area (Å²) in [5.74, 6) is 3.84. The van der Waals surface area contributed by atoms with Gasteiger partial charge in [0.15, 0.2) is 0 Å². The van der Waals surface area contributed by atoms with Crippen molar-refractivity contribution in [3.63, 3.8) is 0 Å². The molecule has 6 rings (SSSR count). The minimum Gasteiger partial charge on any atom is -0.495 e. The Balaban J connectivity index is 0.931. The summed E-state index contributed by atoms with van der Waals surface area (Å²) in [6.45, 7) is 12.3. The van der Waals surface area contributed by atoms with Gasteiger partial charge in [0.05, 0.1) is 19.0 Å². The van der Waals surface area contributed by atoms with Crippen LogP contribution in [0.5, 0.6) is 11.5 Å². The fourth-order valence-electron chi connectivity index (χ4n) is 6.01. The molecule has 4 atom stereocenters. The van der Waals surface area contributed by atoms with Crippen LogP contribution in [0.2, 0.25) is 0 Å². The maximum Gasteiger partial charge on any atom is 0.122 e. The molecule has 2 aliphatic carbocycles. The molecule has 0 spiro atoms. The predicted octanol–water partition coefficient (Wildman–Crippen LogP) is 7.05. The lowest BCUT2D eigenvalue weighted by Crippen LogP contribution is -2.27. The van der Waals surface area contributed by atoms with E-state index in [1.807, 2.05) is 24.3 Å². The van der Waals surface area contributed by atoms with Crippen LogP contribution in [0.15, 0.2) is 96.0 Å². The quantitative estimate of drug-likeness (QED) is 0.200. The molecule has 2 heterocycles. The number of aliphatic hydroxyl groups is 1. The van der Waals surface area contributed by atoms with Crippen LogP contribution in [0.25, 0.3) is 0 Å². The zero-order chi connectivity index (χ0) is 32.1. The minimum atomic E-state index is -0.729. The molecule has 7 nitrogen and oxygen atoms in total. The normalized spacial score (nSPS) is 23.1. The molecule has 2 aromatic rings. The number of epoxide rings is 2. The van der Waals surface area contributed by atoms with Gasteiger partial charge in [0, 0.05) is 11.8 Å². The SMILES string of the molecule is CC(C)(c1ccc(OCC(O)COC2=CC=C(C(C)(C)C3C=CC(OCC4CO4)=CC3)CC2)cc1)c1ccc(OCC2CO2)cc1. The Morgan fingerprint density at radius 3 is 1.89 bits per heavy atom. The Morgan fingerprint density at radius 2 is 1.35 bits per heavy atom. The maximum atomic E-state index is 10.6. The number of hydrogen-bond acceptors (Lipinski definition) is 7. The van der Waals surface area contributed by atoms with Crippen LogP contribution in [-0.4, -0.2) is 63.1 Å². The first-order chi connectivity index (χ1) is 22.2. The molecule has 246 valence electrons. The van der Waals surface area contributed by atoms with Crippen LogP contribution in [-0.2, 0) is 24.4 Å². The summed E-state index contributed by atoms with van der Waals surface area (Å²) < 4.78 is 33.9. The summed E-state index contributed by atoms with van der Waals surface area (Å²) in [5, 5.41) is 10.6. The maximum absolute atomic E-state index is 10.6. The second-order valence-corrected chi connectivity index (χ2v) is 13.8. The first-order valence-electron chi connectivity index (χ1n) is 16.6. The monoisotopic (exact) mass is 628 g/mol. The van der Waals surface area contributed by atoms with Crippen molar-refractivity contribution in [2.24, 2.45) is 11.3 Å². The van der Waals surface area contributed by atoms with E-state index in [4.69, 9.17) is 28.4 Å². The van der Waals surface area contributed by atoms with Crippen molar-refractivity contribution >= 4 is 0 Å². The van der Waals surface area contributed by atoms with Crippen LogP contribution >= 0.6 is 0 Å². The summed E-state index contributed by atoms with van der Waals surface area (Å²) >= 11 is 0.